The smallest absolute Gasteiger partial charge is 0.127 e. The lowest BCUT2D eigenvalue weighted by atomic mass is 9.99. The Kier molecular flexibility index (Phi) is 6.30. The van der Waals surface area contributed by atoms with E-state index in [1.807, 2.05) is 54.2 Å². The molecule has 2 unspecified atom stereocenters. The summed E-state index contributed by atoms with van der Waals surface area (Å²) in [7, 11) is 1.97. The molecule has 0 saturated heterocycles. The van der Waals surface area contributed by atoms with E-state index in [9.17, 15) is 0 Å². The van der Waals surface area contributed by atoms with Crippen LogP contribution in [-0.4, -0.2) is 9.78 Å². The Bertz CT molecular complexity index is 840. The zero-order valence-corrected chi connectivity index (χ0v) is 16.6. The van der Waals surface area contributed by atoms with Gasteiger partial charge >= 0.3 is 0 Å². The van der Waals surface area contributed by atoms with Crippen LogP contribution >= 0.6 is 0 Å². The van der Waals surface area contributed by atoms with Crippen molar-refractivity contribution in [3.05, 3.63) is 77.6 Å². The highest BCUT2D eigenvalue weighted by atomic mass is 16.5. The van der Waals surface area contributed by atoms with Crippen LogP contribution in [0, 0.1) is 6.92 Å². The largest absolute Gasteiger partial charge is 0.457 e. The molecule has 3 aromatic rings. The monoisotopic (exact) mass is 363 g/mol. The van der Waals surface area contributed by atoms with Crippen LogP contribution in [0.5, 0.6) is 11.5 Å². The number of aromatic nitrogens is 2. The van der Waals surface area contributed by atoms with E-state index in [1.165, 1.54) is 11.1 Å². The first-order valence-corrected chi connectivity index (χ1v) is 9.66. The molecule has 3 rings (SSSR count). The van der Waals surface area contributed by atoms with Crippen LogP contribution in [0.25, 0.3) is 0 Å². The average molecular weight is 364 g/mol. The lowest BCUT2D eigenvalue weighted by Crippen LogP contribution is -2.25. The van der Waals surface area contributed by atoms with Gasteiger partial charge in [0.15, 0.2) is 0 Å². The van der Waals surface area contributed by atoms with Crippen molar-refractivity contribution in [1.29, 1.82) is 0 Å². The van der Waals surface area contributed by atoms with Gasteiger partial charge in [0.25, 0.3) is 0 Å². The first-order chi connectivity index (χ1) is 13.1. The molecule has 4 nitrogen and oxygen atoms in total. The van der Waals surface area contributed by atoms with Crippen LogP contribution in [0.15, 0.2) is 60.8 Å². The molecule has 0 fully saturated rings. The van der Waals surface area contributed by atoms with Gasteiger partial charge in [-0.15, -0.1) is 0 Å². The van der Waals surface area contributed by atoms with Crippen molar-refractivity contribution in [1.82, 2.24) is 15.1 Å². The van der Waals surface area contributed by atoms with E-state index in [1.54, 1.807) is 0 Å². The van der Waals surface area contributed by atoms with Gasteiger partial charge < -0.3 is 10.1 Å². The summed E-state index contributed by atoms with van der Waals surface area (Å²) >= 11 is 0. The Labute approximate surface area is 162 Å². The molecular formula is C23H29N3O. The molecule has 1 aromatic heterocycles. The summed E-state index contributed by atoms with van der Waals surface area (Å²) in [4.78, 5) is 0. The molecule has 0 spiro atoms. The summed E-state index contributed by atoms with van der Waals surface area (Å²) in [6.45, 7) is 6.50. The van der Waals surface area contributed by atoms with E-state index >= 15 is 0 Å². The fraction of sp³-hybridized carbons (Fsp3) is 0.348. The number of para-hydroxylation sites is 1. The maximum absolute atomic E-state index is 5.91. The van der Waals surface area contributed by atoms with Gasteiger partial charge in [-0.25, -0.2) is 0 Å². The second kappa shape index (κ2) is 8.87. The van der Waals surface area contributed by atoms with Crippen LogP contribution in [0.3, 0.4) is 0 Å². The van der Waals surface area contributed by atoms with E-state index in [-0.39, 0.29) is 6.04 Å². The molecule has 142 valence electrons. The zero-order valence-electron chi connectivity index (χ0n) is 16.6. The number of ether oxygens (including phenoxy) is 1. The summed E-state index contributed by atoms with van der Waals surface area (Å²) in [6, 6.07) is 18.8. The van der Waals surface area contributed by atoms with Crippen molar-refractivity contribution >= 4 is 0 Å². The number of rotatable bonds is 8. The third-order valence-corrected chi connectivity index (χ3v) is 4.81. The molecule has 0 amide bonds. The Hall–Kier alpha value is -2.59. The summed E-state index contributed by atoms with van der Waals surface area (Å²) in [5.41, 5.74) is 3.62. The molecule has 0 aliphatic heterocycles. The topological polar surface area (TPSA) is 39.1 Å². The SMILES string of the molecule is CCCC(NC(C)c1cn(C)nc1C)c1ccc(Oc2ccccc2)cc1. The molecule has 0 bridgehead atoms. The second-order valence-corrected chi connectivity index (χ2v) is 7.06. The Morgan fingerprint density at radius 2 is 1.70 bits per heavy atom. The number of aryl methyl sites for hydroxylation is 2. The van der Waals surface area contributed by atoms with Crippen LogP contribution < -0.4 is 10.1 Å². The summed E-state index contributed by atoms with van der Waals surface area (Å²) in [6.07, 6.45) is 4.31. The van der Waals surface area contributed by atoms with E-state index in [0.717, 1.165) is 30.0 Å². The lowest BCUT2D eigenvalue weighted by molar-refractivity contribution is 0.437. The molecule has 27 heavy (non-hydrogen) atoms. The fourth-order valence-electron chi connectivity index (χ4n) is 3.46. The highest BCUT2D eigenvalue weighted by Gasteiger charge is 2.17. The van der Waals surface area contributed by atoms with E-state index in [4.69, 9.17) is 4.74 Å². The molecular weight excluding hydrogens is 334 g/mol. The minimum absolute atomic E-state index is 0.246. The van der Waals surface area contributed by atoms with Gasteiger partial charge in [-0.3, -0.25) is 4.68 Å². The minimum atomic E-state index is 0.246. The maximum Gasteiger partial charge on any atom is 0.127 e. The van der Waals surface area contributed by atoms with Gasteiger partial charge in [0, 0.05) is 30.9 Å². The predicted molar refractivity (Wildman–Crippen MR) is 110 cm³/mol. The third-order valence-electron chi connectivity index (χ3n) is 4.81. The average Bonchev–Trinajstić information content (AvgIpc) is 3.01. The number of nitrogens with zero attached hydrogens (tertiary/aromatic N) is 2. The molecule has 1 N–H and O–H groups in total. The normalized spacial score (nSPS) is 13.3. The molecule has 2 atom stereocenters. The van der Waals surface area contributed by atoms with Gasteiger partial charge in [0.1, 0.15) is 11.5 Å². The van der Waals surface area contributed by atoms with E-state index in [0.29, 0.717) is 6.04 Å². The van der Waals surface area contributed by atoms with Gasteiger partial charge in [-0.05, 0) is 50.1 Å². The molecule has 0 aliphatic carbocycles. The Morgan fingerprint density at radius 1 is 1.04 bits per heavy atom. The predicted octanol–water partition coefficient (Wildman–Crippen LogP) is 5.71. The number of hydrogen-bond acceptors (Lipinski definition) is 3. The van der Waals surface area contributed by atoms with Crippen molar-refractivity contribution in [3.63, 3.8) is 0 Å². The highest BCUT2D eigenvalue weighted by Crippen LogP contribution is 2.27. The number of nitrogens with one attached hydrogen (secondary N) is 1. The quantitative estimate of drug-likeness (QED) is 0.557. The van der Waals surface area contributed by atoms with Crippen molar-refractivity contribution in [2.45, 2.75) is 45.7 Å². The fourth-order valence-corrected chi connectivity index (χ4v) is 3.46. The summed E-state index contributed by atoms with van der Waals surface area (Å²) < 4.78 is 7.79. The molecule has 0 saturated carbocycles. The standard InChI is InChI=1S/C23H29N3O/c1-5-9-23(24-17(2)22-16-26(4)25-18(22)3)19-12-14-21(15-13-19)27-20-10-7-6-8-11-20/h6-8,10-17,23-24H,5,9H2,1-4H3. The molecule has 2 aromatic carbocycles. The van der Waals surface area contributed by atoms with Gasteiger partial charge in [0.05, 0.1) is 5.69 Å². The molecule has 0 aliphatic rings. The molecule has 1 heterocycles. The third kappa shape index (κ3) is 4.98. The van der Waals surface area contributed by atoms with Crippen molar-refractivity contribution in [2.24, 2.45) is 7.05 Å². The van der Waals surface area contributed by atoms with Crippen LogP contribution in [-0.2, 0) is 7.05 Å². The summed E-state index contributed by atoms with van der Waals surface area (Å²) in [5, 5.41) is 8.25. The van der Waals surface area contributed by atoms with E-state index < -0.39 is 0 Å². The highest BCUT2D eigenvalue weighted by molar-refractivity contribution is 5.34. The lowest BCUT2D eigenvalue weighted by Gasteiger charge is -2.23. The number of benzene rings is 2. The molecule has 4 heteroatoms. The first kappa shape index (κ1) is 19.2. The van der Waals surface area contributed by atoms with E-state index in [2.05, 4.69) is 49.5 Å². The minimum Gasteiger partial charge on any atom is -0.457 e. The van der Waals surface area contributed by atoms with Gasteiger partial charge in [-0.1, -0.05) is 43.7 Å². The summed E-state index contributed by atoms with van der Waals surface area (Å²) in [5.74, 6) is 1.71. The molecule has 0 radical (unpaired) electrons. The Balaban J connectivity index is 1.71. The Morgan fingerprint density at radius 3 is 2.30 bits per heavy atom. The van der Waals surface area contributed by atoms with Crippen molar-refractivity contribution in [3.8, 4) is 11.5 Å². The van der Waals surface area contributed by atoms with Gasteiger partial charge in [-0.2, -0.15) is 5.10 Å². The van der Waals surface area contributed by atoms with Crippen LogP contribution in [0.1, 0.15) is 55.6 Å². The van der Waals surface area contributed by atoms with Crippen molar-refractivity contribution in [2.75, 3.05) is 0 Å². The van der Waals surface area contributed by atoms with Crippen LogP contribution in [0.4, 0.5) is 0 Å². The first-order valence-electron chi connectivity index (χ1n) is 9.66. The zero-order chi connectivity index (χ0) is 19.2. The second-order valence-electron chi connectivity index (χ2n) is 7.06. The van der Waals surface area contributed by atoms with Gasteiger partial charge in [0.2, 0.25) is 0 Å². The number of hydrogen-bond donors (Lipinski definition) is 1. The maximum atomic E-state index is 5.91. The van der Waals surface area contributed by atoms with Crippen molar-refractivity contribution < 1.29 is 4.74 Å². The van der Waals surface area contributed by atoms with Crippen LogP contribution in [0.2, 0.25) is 0 Å².